The Bertz CT molecular complexity index is 588. The number of aromatic nitrogens is 1. The van der Waals surface area contributed by atoms with E-state index < -0.39 is 0 Å². The van der Waals surface area contributed by atoms with Gasteiger partial charge in [-0.3, -0.25) is 0 Å². The zero-order valence-corrected chi connectivity index (χ0v) is 11.4. The summed E-state index contributed by atoms with van der Waals surface area (Å²) in [6.07, 6.45) is 7.24. The molecule has 20 heavy (non-hydrogen) atoms. The molecule has 1 heterocycles. The summed E-state index contributed by atoms with van der Waals surface area (Å²) in [5, 5.41) is 4.06. The van der Waals surface area contributed by atoms with Gasteiger partial charge >= 0.3 is 0 Å². The first-order chi connectivity index (χ1) is 9.74. The first-order valence-electron chi connectivity index (χ1n) is 7.24. The Morgan fingerprint density at radius 1 is 1.30 bits per heavy atom. The van der Waals surface area contributed by atoms with Gasteiger partial charge in [0.05, 0.1) is 11.3 Å². The van der Waals surface area contributed by atoms with Gasteiger partial charge in [0.25, 0.3) is 0 Å². The molecule has 4 heteroatoms. The molecular weight excluding hydrogens is 255 g/mol. The van der Waals surface area contributed by atoms with Crippen LogP contribution < -0.4 is 5.73 Å². The Kier molecular flexibility index (Phi) is 3.72. The Balaban J connectivity index is 1.81. The molecule has 0 unspecified atom stereocenters. The molecule has 3 rings (SSSR count). The van der Waals surface area contributed by atoms with Gasteiger partial charge in [-0.1, -0.05) is 43.0 Å². The molecular formula is C16H19FN2O. The van der Waals surface area contributed by atoms with Crippen molar-refractivity contribution in [3.8, 4) is 11.1 Å². The topological polar surface area (TPSA) is 52.0 Å². The molecule has 1 aliphatic rings. The number of nitrogens with zero attached hydrogens (tertiary/aromatic N) is 1. The fraction of sp³-hybridized carbons (Fsp3) is 0.438. The van der Waals surface area contributed by atoms with Crippen molar-refractivity contribution in [3.63, 3.8) is 0 Å². The Hall–Kier alpha value is -1.84. The number of hydrogen-bond acceptors (Lipinski definition) is 3. The summed E-state index contributed by atoms with van der Waals surface area (Å²) in [4.78, 5) is 0. The smallest absolute Gasteiger partial charge is 0.230 e. The van der Waals surface area contributed by atoms with Crippen molar-refractivity contribution in [1.29, 1.82) is 0 Å². The predicted molar refractivity (Wildman–Crippen MR) is 76.6 cm³/mol. The van der Waals surface area contributed by atoms with E-state index in [1.807, 2.05) is 6.07 Å². The van der Waals surface area contributed by atoms with E-state index in [9.17, 15) is 4.39 Å². The van der Waals surface area contributed by atoms with Crippen molar-refractivity contribution in [2.75, 3.05) is 5.73 Å². The molecule has 0 amide bonds. The Morgan fingerprint density at radius 3 is 2.85 bits per heavy atom. The van der Waals surface area contributed by atoms with E-state index in [0.29, 0.717) is 0 Å². The van der Waals surface area contributed by atoms with Gasteiger partial charge in [-0.15, -0.1) is 0 Å². The molecule has 0 bridgehead atoms. The molecule has 1 aromatic carbocycles. The molecule has 1 aliphatic carbocycles. The summed E-state index contributed by atoms with van der Waals surface area (Å²) < 4.78 is 18.5. The van der Waals surface area contributed by atoms with E-state index in [2.05, 4.69) is 5.16 Å². The number of nitrogen functional groups attached to an aromatic ring is 1. The minimum atomic E-state index is -0.273. The number of anilines is 1. The van der Waals surface area contributed by atoms with Crippen molar-refractivity contribution in [2.45, 2.75) is 38.5 Å². The third-order valence-corrected chi connectivity index (χ3v) is 4.17. The number of halogens is 1. The lowest BCUT2D eigenvalue weighted by Crippen LogP contribution is -1.98. The van der Waals surface area contributed by atoms with Crippen molar-refractivity contribution in [1.82, 2.24) is 5.16 Å². The van der Waals surface area contributed by atoms with Gasteiger partial charge in [-0.05, 0) is 36.5 Å². The monoisotopic (exact) mass is 274 g/mol. The van der Waals surface area contributed by atoms with Crippen LogP contribution in [0.15, 0.2) is 28.8 Å². The average molecular weight is 274 g/mol. The van der Waals surface area contributed by atoms with Crippen molar-refractivity contribution in [2.24, 2.45) is 5.92 Å². The van der Waals surface area contributed by atoms with Crippen molar-refractivity contribution < 1.29 is 8.91 Å². The van der Waals surface area contributed by atoms with Crippen LogP contribution in [-0.2, 0) is 6.42 Å². The highest BCUT2D eigenvalue weighted by Gasteiger charge is 2.19. The largest absolute Gasteiger partial charge is 0.367 e. The second kappa shape index (κ2) is 5.65. The second-order valence-corrected chi connectivity index (χ2v) is 5.57. The third kappa shape index (κ3) is 2.69. The molecule has 106 valence electrons. The molecule has 3 nitrogen and oxygen atoms in total. The van der Waals surface area contributed by atoms with Gasteiger partial charge < -0.3 is 10.3 Å². The quantitative estimate of drug-likeness (QED) is 0.909. The van der Waals surface area contributed by atoms with Crippen LogP contribution in [0.1, 0.15) is 37.8 Å². The van der Waals surface area contributed by atoms with E-state index in [1.165, 1.54) is 37.8 Å². The predicted octanol–water partition coefficient (Wildman–Crippen LogP) is 4.19. The van der Waals surface area contributed by atoms with Crippen molar-refractivity contribution in [3.05, 3.63) is 35.8 Å². The first-order valence-corrected chi connectivity index (χ1v) is 7.24. The van der Waals surface area contributed by atoms with Crippen LogP contribution in [0.25, 0.3) is 11.1 Å². The summed E-state index contributed by atoms with van der Waals surface area (Å²) in [6.45, 7) is 0. The highest BCUT2D eigenvalue weighted by Crippen LogP contribution is 2.33. The molecule has 2 N–H and O–H groups in total. The van der Waals surface area contributed by atoms with Crippen LogP contribution in [0.5, 0.6) is 0 Å². The summed E-state index contributed by atoms with van der Waals surface area (Å²) in [5.41, 5.74) is 8.20. The average Bonchev–Trinajstić information content (AvgIpc) is 3.06. The first kappa shape index (κ1) is 13.2. The zero-order valence-electron chi connectivity index (χ0n) is 11.4. The maximum Gasteiger partial charge on any atom is 0.230 e. The van der Waals surface area contributed by atoms with E-state index in [1.54, 1.807) is 6.07 Å². The maximum absolute atomic E-state index is 13.4. The molecule has 0 saturated heterocycles. The number of hydrogen-bond donors (Lipinski definition) is 1. The Morgan fingerprint density at radius 2 is 2.10 bits per heavy atom. The molecule has 1 fully saturated rings. The van der Waals surface area contributed by atoms with Crippen LogP contribution in [-0.4, -0.2) is 5.16 Å². The minimum absolute atomic E-state index is 0.273. The van der Waals surface area contributed by atoms with Crippen molar-refractivity contribution >= 4 is 5.88 Å². The van der Waals surface area contributed by atoms with Gasteiger partial charge in [-0.25, -0.2) is 4.39 Å². The summed E-state index contributed by atoms with van der Waals surface area (Å²) in [7, 11) is 0. The van der Waals surface area contributed by atoms with Gasteiger partial charge in [0.15, 0.2) is 0 Å². The summed E-state index contributed by atoms with van der Waals surface area (Å²) >= 11 is 0. The zero-order chi connectivity index (χ0) is 13.9. The SMILES string of the molecule is Nc1onc(CCC2CCCC2)c1-c1cccc(F)c1. The molecule has 2 aromatic rings. The number of benzene rings is 1. The van der Waals surface area contributed by atoms with Crippen LogP contribution in [0.2, 0.25) is 0 Å². The second-order valence-electron chi connectivity index (χ2n) is 5.57. The van der Waals surface area contributed by atoms with Crippen LogP contribution >= 0.6 is 0 Å². The fourth-order valence-electron chi connectivity index (χ4n) is 3.10. The number of aryl methyl sites for hydroxylation is 1. The third-order valence-electron chi connectivity index (χ3n) is 4.17. The molecule has 1 aromatic heterocycles. The lowest BCUT2D eigenvalue weighted by atomic mass is 9.97. The van der Waals surface area contributed by atoms with Crippen LogP contribution in [0, 0.1) is 11.7 Å². The van der Waals surface area contributed by atoms with Gasteiger partial charge in [0.2, 0.25) is 5.88 Å². The number of rotatable bonds is 4. The normalized spacial score (nSPS) is 15.8. The maximum atomic E-state index is 13.4. The highest BCUT2D eigenvalue weighted by atomic mass is 19.1. The Labute approximate surface area is 118 Å². The molecule has 0 spiro atoms. The van der Waals surface area contributed by atoms with Gasteiger partial charge in [-0.2, -0.15) is 0 Å². The summed E-state index contributed by atoms with van der Waals surface area (Å²) in [6, 6.07) is 6.41. The van der Waals surface area contributed by atoms with Crippen LogP contribution in [0.4, 0.5) is 10.3 Å². The molecule has 1 saturated carbocycles. The molecule has 0 atom stereocenters. The van der Waals surface area contributed by atoms with E-state index >= 15 is 0 Å². The van der Waals surface area contributed by atoms with E-state index in [-0.39, 0.29) is 11.7 Å². The molecule has 0 aliphatic heterocycles. The van der Waals surface area contributed by atoms with Gasteiger partial charge in [0.1, 0.15) is 5.82 Å². The lowest BCUT2D eigenvalue weighted by Gasteiger charge is -2.08. The van der Waals surface area contributed by atoms with Crippen LogP contribution in [0.3, 0.4) is 0 Å². The fourth-order valence-corrected chi connectivity index (χ4v) is 3.10. The van der Waals surface area contributed by atoms with E-state index in [4.69, 9.17) is 10.3 Å². The number of nitrogens with two attached hydrogens (primary N) is 1. The van der Waals surface area contributed by atoms with Gasteiger partial charge in [0, 0.05) is 0 Å². The minimum Gasteiger partial charge on any atom is -0.367 e. The molecule has 0 radical (unpaired) electrons. The standard InChI is InChI=1S/C16H19FN2O/c17-13-7-3-6-12(10-13)15-14(19-20-16(15)18)9-8-11-4-1-2-5-11/h3,6-7,10-11H,1-2,4-5,8-9,18H2. The highest BCUT2D eigenvalue weighted by molar-refractivity contribution is 5.75. The lowest BCUT2D eigenvalue weighted by molar-refractivity contribution is 0.419. The summed E-state index contributed by atoms with van der Waals surface area (Å²) in [5.74, 6) is 0.787. The van der Waals surface area contributed by atoms with E-state index in [0.717, 1.165) is 35.6 Å².